The fourth-order valence-electron chi connectivity index (χ4n) is 3.72. The third-order valence-electron chi connectivity index (χ3n) is 5.03. The molecule has 0 radical (unpaired) electrons. The number of nitrogens with zero attached hydrogens (tertiary/aromatic N) is 1. The first-order valence-corrected chi connectivity index (χ1v) is 9.23. The largest absolute Gasteiger partial charge is 0.447 e. The zero-order valence-corrected chi connectivity index (χ0v) is 13.4. The van der Waals surface area contributed by atoms with Crippen molar-refractivity contribution in [2.45, 2.75) is 50.2 Å². The Balaban J connectivity index is 1.70. The summed E-state index contributed by atoms with van der Waals surface area (Å²) in [5.74, 6) is 0.653. The zero-order valence-electron chi connectivity index (χ0n) is 12.6. The number of rotatable bonds is 4. The first-order chi connectivity index (χ1) is 10.1. The molecule has 1 aliphatic heterocycles. The van der Waals surface area contributed by atoms with E-state index in [1.165, 1.54) is 25.7 Å². The minimum absolute atomic E-state index is 0.0788. The Hall–Kier alpha value is -0.850. The van der Waals surface area contributed by atoms with Gasteiger partial charge in [0.15, 0.2) is 0 Å². The molecule has 1 aromatic rings. The third kappa shape index (κ3) is 2.89. The van der Waals surface area contributed by atoms with E-state index in [4.69, 9.17) is 4.42 Å². The van der Waals surface area contributed by atoms with Crippen molar-refractivity contribution < 1.29 is 12.8 Å². The van der Waals surface area contributed by atoms with Crippen LogP contribution in [0, 0.1) is 5.41 Å². The average molecular weight is 312 g/mol. The van der Waals surface area contributed by atoms with E-state index in [0.717, 1.165) is 12.8 Å². The topological polar surface area (TPSA) is 62.6 Å². The van der Waals surface area contributed by atoms with E-state index in [2.05, 4.69) is 5.32 Å². The molecule has 118 valence electrons. The number of sulfonamides is 1. The van der Waals surface area contributed by atoms with Gasteiger partial charge in [-0.15, -0.1) is 0 Å². The van der Waals surface area contributed by atoms with E-state index in [-0.39, 0.29) is 5.09 Å². The zero-order chi connectivity index (χ0) is 14.9. The maximum atomic E-state index is 12.6. The van der Waals surface area contributed by atoms with Crippen molar-refractivity contribution in [2.24, 2.45) is 5.41 Å². The highest BCUT2D eigenvalue weighted by atomic mass is 32.2. The van der Waals surface area contributed by atoms with E-state index in [9.17, 15) is 8.42 Å². The smallest absolute Gasteiger partial charge is 0.276 e. The molecule has 2 fully saturated rings. The summed E-state index contributed by atoms with van der Waals surface area (Å²) in [6, 6.07) is 3.30. The van der Waals surface area contributed by atoms with Crippen molar-refractivity contribution in [1.29, 1.82) is 0 Å². The van der Waals surface area contributed by atoms with Crippen LogP contribution in [-0.4, -0.2) is 32.9 Å². The predicted octanol–water partition coefficient (Wildman–Crippen LogP) is 2.34. The van der Waals surface area contributed by atoms with E-state index in [0.29, 0.717) is 30.8 Å². The lowest BCUT2D eigenvalue weighted by molar-refractivity contribution is 0.159. The van der Waals surface area contributed by atoms with E-state index in [1.54, 1.807) is 16.4 Å². The molecule has 1 spiro atoms. The fraction of sp³-hybridized carbons (Fsp3) is 0.733. The van der Waals surface area contributed by atoms with Crippen molar-refractivity contribution in [1.82, 2.24) is 9.62 Å². The second kappa shape index (κ2) is 5.74. The van der Waals surface area contributed by atoms with Gasteiger partial charge in [-0.25, -0.2) is 8.42 Å². The Morgan fingerprint density at radius 1 is 1.19 bits per heavy atom. The number of hydrogen-bond acceptors (Lipinski definition) is 4. The maximum absolute atomic E-state index is 12.6. The highest BCUT2D eigenvalue weighted by molar-refractivity contribution is 7.89. The molecule has 5 nitrogen and oxygen atoms in total. The molecule has 0 atom stereocenters. The van der Waals surface area contributed by atoms with Crippen LogP contribution in [0.1, 0.15) is 44.3 Å². The molecular weight excluding hydrogens is 288 g/mol. The van der Waals surface area contributed by atoms with Crippen LogP contribution in [0.5, 0.6) is 0 Å². The lowest BCUT2D eigenvalue weighted by Gasteiger charge is -2.38. The van der Waals surface area contributed by atoms with Crippen molar-refractivity contribution in [3.05, 3.63) is 17.9 Å². The summed E-state index contributed by atoms with van der Waals surface area (Å²) in [7, 11) is -1.66. The minimum Gasteiger partial charge on any atom is -0.447 e. The number of hydrogen-bond donors (Lipinski definition) is 1. The molecule has 6 heteroatoms. The van der Waals surface area contributed by atoms with Crippen molar-refractivity contribution in [2.75, 3.05) is 20.1 Å². The molecule has 21 heavy (non-hydrogen) atoms. The lowest BCUT2D eigenvalue weighted by atomic mass is 9.78. The second-order valence-electron chi connectivity index (χ2n) is 6.36. The molecule has 0 unspecified atom stereocenters. The van der Waals surface area contributed by atoms with Gasteiger partial charge in [-0.1, -0.05) is 12.8 Å². The number of piperidine rings is 1. The summed E-state index contributed by atoms with van der Waals surface area (Å²) in [4.78, 5) is 0. The van der Waals surface area contributed by atoms with Gasteiger partial charge in [0.2, 0.25) is 5.09 Å². The summed E-state index contributed by atoms with van der Waals surface area (Å²) in [5, 5.41) is 3.04. The molecule has 1 N–H and O–H groups in total. The number of nitrogens with one attached hydrogen (secondary N) is 1. The van der Waals surface area contributed by atoms with Gasteiger partial charge >= 0.3 is 0 Å². The highest BCUT2D eigenvalue weighted by Gasteiger charge is 2.40. The quantitative estimate of drug-likeness (QED) is 0.927. The standard InChI is InChI=1S/C15H24N2O3S/c1-16-12-13-4-5-14(20-13)21(18,19)17-10-8-15(9-11-17)6-2-3-7-15/h4-5,16H,2-3,6-12H2,1H3. The minimum atomic E-state index is -3.47. The molecule has 1 saturated heterocycles. The highest BCUT2D eigenvalue weighted by Crippen LogP contribution is 2.46. The molecular formula is C15H24N2O3S. The third-order valence-corrected chi connectivity index (χ3v) is 6.80. The van der Waals surface area contributed by atoms with Crippen LogP contribution in [-0.2, 0) is 16.6 Å². The average Bonchev–Trinajstić information content (AvgIpc) is 3.10. The van der Waals surface area contributed by atoms with Crippen molar-refractivity contribution >= 4 is 10.0 Å². The summed E-state index contributed by atoms with van der Waals surface area (Å²) in [6.45, 7) is 1.80. The summed E-state index contributed by atoms with van der Waals surface area (Å²) >= 11 is 0. The Labute approximate surface area is 126 Å². The van der Waals surface area contributed by atoms with Gasteiger partial charge in [-0.05, 0) is 50.3 Å². The van der Waals surface area contributed by atoms with Gasteiger partial charge in [0, 0.05) is 13.1 Å². The Morgan fingerprint density at radius 3 is 2.48 bits per heavy atom. The van der Waals surface area contributed by atoms with Crippen LogP contribution in [0.25, 0.3) is 0 Å². The lowest BCUT2D eigenvalue weighted by Crippen LogP contribution is -2.42. The molecule has 1 saturated carbocycles. The van der Waals surface area contributed by atoms with Crippen LogP contribution in [0.3, 0.4) is 0 Å². The number of furan rings is 1. The molecule has 0 aromatic carbocycles. The van der Waals surface area contributed by atoms with Crippen molar-refractivity contribution in [3.63, 3.8) is 0 Å². The molecule has 0 amide bonds. The van der Waals surface area contributed by atoms with Crippen LogP contribution in [0.4, 0.5) is 0 Å². The van der Waals surface area contributed by atoms with Gasteiger partial charge in [0.25, 0.3) is 10.0 Å². The van der Waals surface area contributed by atoms with Gasteiger partial charge in [-0.2, -0.15) is 4.31 Å². The molecule has 1 aliphatic carbocycles. The van der Waals surface area contributed by atoms with E-state index >= 15 is 0 Å². The van der Waals surface area contributed by atoms with Gasteiger partial charge in [0.05, 0.1) is 6.54 Å². The molecule has 1 aromatic heterocycles. The van der Waals surface area contributed by atoms with Gasteiger partial charge in [0.1, 0.15) is 5.76 Å². The van der Waals surface area contributed by atoms with E-state index < -0.39 is 10.0 Å². The SMILES string of the molecule is CNCc1ccc(S(=O)(=O)N2CCC3(CCCC3)CC2)o1. The fourth-order valence-corrected chi connectivity index (χ4v) is 5.09. The first-order valence-electron chi connectivity index (χ1n) is 7.79. The van der Waals surface area contributed by atoms with E-state index in [1.807, 2.05) is 7.05 Å². The van der Waals surface area contributed by atoms with Gasteiger partial charge < -0.3 is 9.73 Å². The molecule has 0 bridgehead atoms. The van der Waals surface area contributed by atoms with Crippen molar-refractivity contribution in [3.8, 4) is 0 Å². The first kappa shape index (κ1) is 15.1. The van der Waals surface area contributed by atoms with Crippen LogP contribution >= 0.6 is 0 Å². The molecule has 2 aliphatic rings. The Bertz CT molecular complexity index is 578. The summed E-state index contributed by atoms with van der Waals surface area (Å²) in [5.41, 5.74) is 0.423. The molecule has 2 heterocycles. The Morgan fingerprint density at radius 2 is 1.86 bits per heavy atom. The maximum Gasteiger partial charge on any atom is 0.276 e. The second-order valence-corrected chi connectivity index (χ2v) is 8.23. The van der Waals surface area contributed by atoms with Gasteiger partial charge in [-0.3, -0.25) is 0 Å². The predicted molar refractivity (Wildman–Crippen MR) is 80.4 cm³/mol. The van der Waals surface area contributed by atoms with Crippen LogP contribution < -0.4 is 5.32 Å². The Kier molecular flexibility index (Phi) is 4.12. The normalized spacial score (nSPS) is 22.9. The molecule has 3 rings (SSSR count). The van der Waals surface area contributed by atoms with Crippen LogP contribution in [0.2, 0.25) is 0 Å². The summed E-state index contributed by atoms with van der Waals surface area (Å²) in [6.07, 6.45) is 7.14. The summed E-state index contributed by atoms with van der Waals surface area (Å²) < 4.78 is 32.3. The van der Waals surface area contributed by atoms with Crippen LogP contribution in [0.15, 0.2) is 21.6 Å². The monoisotopic (exact) mass is 312 g/mol.